The van der Waals surface area contributed by atoms with Crippen LogP contribution in [-0.4, -0.2) is 30.6 Å². The maximum absolute atomic E-state index is 11.6. The smallest absolute Gasteiger partial charge is 0.328 e. The molecule has 0 aromatic heterocycles. The number of benzene rings is 1. The third-order valence-electron chi connectivity index (χ3n) is 2.20. The van der Waals surface area contributed by atoms with Crippen LogP contribution in [0.5, 0.6) is 0 Å². The number of ether oxygens (including phenoxy) is 1. The quantitative estimate of drug-likeness (QED) is 0.709. The van der Waals surface area contributed by atoms with Crippen molar-refractivity contribution in [3.05, 3.63) is 28.2 Å². The molecule has 0 bridgehead atoms. The monoisotopic (exact) mass is 333 g/mol. The molecule has 3 amide bonds. The van der Waals surface area contributed by atoms with E-state index < -0.39 is 30.6 Å². The first-order chi connectivity index (χ1) is 9.77. The summed E-state index contributed by atoms with van der Waals surface area (Å²) in [5.41, 5.74) is 5.23. The van der Waals surface area contributed by atoms with Gasteiger partial charge in [0.15, 0.2) is 6.61 Å². The summed E-state index contributed by atoms with van der Waals surface area (Å²) in [5.74, 6) is -1.36. The van der Waals surface area contributed by atoms with Crippen LogP contribution in [-0.2, 0) is 14.3 Å². The minimum absolute atomic E-state index is 0.356. The summed E-state index contributed by atoms with van der Waals surface area (Å²) < 4.78 is 4.71. The molecule has 0 aliphatic carbocycles. The number of anilines is 1. The molecule has 0 spiro atoms. The third kappa shape index (κ3) is 6.33. The van der Waals surface area contributed by atoms with E-state index in [1.807, 2.05) is 0 Å². The maximum atomic E-state index is 11.6. The molecule has 1 unspecified atom stereocenters. The number of amides is 3. The van der Waals surface area contributed by atoms with Gasteiger partial charge >= 0.3 is 12.0 Å². The molecule has 1 aromatic rings. The van der Waals surface area contributed by atoms with Gasteiger partial charge in [-0.3, -0.25) is 4.79 Å². The van der Waals surface area contributed by atoms with Gasteiger partial charge in [-0.05, 0) is 25.1 Å². The number of primary amides is 1. The summed E-state index contributed by atoms with van der Waals surface area (Å²) in [5, 5.41) is 5.30. The van der Waals surface area contributed by atoms with Crippen molar-refractivity contribution in [2.45, 2.75) is 13.0 Å². The van der Waals surface area contributed by atoms with E-state index in [9.17, 15) is 14.4 Å². The molecule has 0 saturated heterocycles. The average Bonchev–Trinajstić information content (AvgIpc) is 2.33. The van der Waals surface area contributed by atoms with Crippen LogP contribution < -0.4 is 16.4 Å². The lowest BCUT2D eigenvalue weighted by atomic mass is 10.3. The van der Waals surface area contributed by atoms with Gasteiger partial charge in [-0.25, -0.2) is 9.59 Å². The average molecular weight is 334 g/mol. The second-order valence-electron chi connectivity index (χ2n) is 4.04. The molecule has 0 heterocycles. The number of nitrogens with two attached hydrogens (primary N) is 1. The van der Waals surface area contributed by atoms with Gasteiger partial charge in [0, 0.05) is 15.7 Å². The van der Waals surface area contributed by atoms with Crippen LogP contribution in [0.1, 0.15) is 6.92 Å². The molecule has 4 N–H and O–H groups in total. The summed E-state index contributed by atoms with van der Waals surface area (Å²) in [6.07, 6.45) is 0. The number of rotatable bonds is 5. The van der Waals surface area contributed by atoms with E-state index in [1.165, 1.54) is 25.1 Å². The van der Waals surface area contributed by atoms with Gasteiger partial charge in [0.25, 0.3) is 5.91 Å². The zero-order valence-corrected chi connectivity index (χ0v) is 12.5. The Morgan fingerprint density at radius 3 is 2.33 bits per heavy atom. The lowest BCUT2D eigenvalue weighted by Crippen LogP contribution is -2.43. The minimum atomic E-state index is -0.948. The van der Waals surface area contributed by atoms with Crippen molar-refractivity contribution in [3.8, 4) is 0 Å². The summed E-state index contributed by atoms with van der Waals surface area (Å²) in [7, 11) is 0. The molecule has 0 saturated carbocycles. The molecule has 9 heteroatoms. The molecule has 0 aliphatic heterocycles. The van der Waals surface area contributed by atoms with E-state index in [-0.39, 0.29) is 0 Å². The van der Waals surface area contributed by atoms with E-state index >= 15 is 0 Å². The standard InChI is InChI=1S/C12H13Cl2N3O4/c1-6(16-12(15)20)11(19)21-5-10(18)17-9-3-7(13)2-8(14)4-9/h2-4,6H,5H2,1H3,(H,17,18)(H3,15,16,20). The number of halogens is 2. The Kier molecular flexibility index (Phi) is 6.26. The maximum Gasteiger partial charge on any atom is 0.328 e. The summed E-state index contributed by atoms with van der Waals surface area (Å²) in [4.78, 5) is 33.6. The molecule has 0 fully saturated rings. The molecule has 0 radical (unpaired) electrons. The van der Waals surface area contributed by atoms with Crippen molar-refractivity contribution in [1.29, 1.82) is 0 Å². The predicted molar refractivity (Wildman–Crippen MR) is 78.2 cm³/mol. The van der Waals surface area contributed by atoms with Crippen LogP contribution in [0.4, 0.5) is 10.5 Å². The highest BCUT2D eigenvalue weighted by Crippen LogP contribution is 2.22. The Balaban J connectivity index is 2.47. The van der Waals surface area contributed by atoms with Gasteiger partial charge in [0.1, 0.15) is 6.04 Å². The van der Waals surface area contributed by atoms with E-state index in [2.05, 4.69) is 10.6 Å². The van der Waals surface area contributed by atoms with Crippen molar-refractivity contribution < 1.29 is 19.1 Å². The molecule has 1 atom stereocenters. The molecule has 1 aromatic carbocycles. The number of urea groups is 1. The van der Waals surface area contributed by atoms with Crippen molar-refractivity contribution in [2.75, 3.05) is 11.9 Å². The van der Waals surface area contributed by atoms with Crippen molar-refractivity contribution >= 4 is 46.8 Å². The fraction of sp³-hybridized carbons (Fsp3) is 0.250. The zero-order chi connectivity index (χ0) is 16.0. The van der Waals surface area contributed by atoms with Crippen LogP contribution >= 0.6 is 23.2 Å². The fourth-order valence-corrected chi connectivity index (χ4v) is 1.88. The van der Waals surface area contributed by atoms with Gasteiger partial charge in [-0.2, -0.15) is 0 Å². The van der Waals surface area contributed by atoms with Gasteiger partial charge in [-0.15, -0.1) is 0 Å². The summed E-state index contributed by atoms with van der Waals surface area (Å²) in [6, 6.07) is 2.68. The highest BCUT2D eigenvalue weighted by atomic mass is 35.5. The van der Waals surface area contributed by atoms with E-state index in [4.69, 9.17) is 33.7 Å². The second kappa shape index (κ2) is 7.70. The van der Waals surface area contributed by atoms with E-state index in [0.29, 0.717) is 15.7 Å². The van der Waals surface area contributed by atoms with E-state index in [0.717, 1.165) is 0 Å². The van der Waals surface area contributed by atoms with Gasteiger partial charge in [-0.1, -0.05) is 23.2 Å². The Hall–Kier alpha value is -1.99. The number of nitrogens with one attached hydrogen (secondary N) is 2. The molecule has 21 heavy (non-hydrogen) atoms. The number of carbonyl (C=O) groups excluding carboxylic acids is 3. The molecular formula is C12H13Cl2N3O4. The molecule has 0 aliphatic rings. The normalized spacial score (nSPS) is 11.4. The number of esters is 1. The highest BCUT2D eigenvalue weighted by Gasteiger charge is 2.17. The van der Waals surface area contributed by atoms with Crippen molar-refractivity contribution in [3.63, 3.8) is 0 Å². The van der Waals surface area contributed by atoms with Crippen LogP contribution in [0.25, 0.3) is 0 Å². The molecule has 7 nitrogen and oxygen atoms in total. The fourth-order valence-electron chi connectivity index (χ4n) is 1.36. The topological polar surface area (TPSA) is 111 Å². The molecule has 114 valence electrons. The lowest BCUT2D eigenvalue weighted by molar-refractivity contribution is -0.148. The second-order valence-corrected chi connectivity index (χ2v) is 4.92. The van der Waals surface area contributed by atoms with Gasteiger partial charge in [0.2, 0.25) is 0 Å². The van der Waals surface area contributed by atoms with Crippen molar-refractivity contribution in [2.24, 2.45) is 5.73 Å². The largest absolute Gasteiger partial charge is 0.454 e. The first kappa shape index (κ1) is 17.1. The number of hydrogen-bond acceptors (Lipinski definition) is 4. The van der Waals surface area contributed by atoms with Crippen LogP contribution in [0, 0.1) is 0 Å². The van der Waals surface area contributed by atoms with Crippen molar-refractivity contribution in [1.82, 2.24) is 5.32 Å². The minimum Gasteiger partial charge on any atom is -0.454 e. The first-order valence-corrected chi connectivity index (χ1v) is 6.52. The SMILES string of the molecule is CC(NC(N)=O)C(=O)OCC(=O)Nc1cc(Cl)cc(Cl)c1. The lowest BCUT2D eigenvalue weighted by Gasteiger charge is -2.12. The Morgan fingerprint density at radius 2 is 1.81 bits per heavy atom. The van der Waals surface area contributed by atoms with Crippen LogP contribution in [0.2, 0.25) is 10.0 Å². The number of carbonyl (C=O) groups is 3. The third-order valence-corrected chi connectivity index (χ3v) is 2.64. The van der Waals surface area contributed by atoms with Gasteiger partial charge in [0.05, 0.1) is 0 Å². The predicted octanol–water partition coefficient (Wildman–Crippen LogP) is 1.53. The Bertz CT molecular complexity index is 545. The summed E-state index contributed by atoms with van der Waals surface area (Å²) in [6.45, 7) is 0.857. The highest BCUT2D eigenvalue weighted by molar-refractivity contribution is 6.35. The Labute approximate surface area is 130 Å². The first-order valence-electron chi connectivity index (χ1n) is 5.76. The molecular weight excluding hydrogens is 321 g/mol. The van der Waals surface area contributed by atoms with E-state index in [1.54, 1.807) is 0 Å². The number of hydrogen-bond donors (Lipinski definition) is 3. The zero-order valence-electron chi connectivity index (χ0n) is 11.0. The van der Waals surface area contributed by atoms with Crippen LogP contribution in [0.15, 0.2) is 18.2 Å². The van der Waals surface area contributed by atoms with Gasteiger partial charge < -0.3 is 21.1 Å². The van der Waals surface area contributed by atoms with Crippen LogP contribution in [0.3, 0.4) is 0 Å². The molecule has 1 rings (SSSR count). The summed E-state index contributed by atoms with van der Waals surface area (Å²) >= 11 is 11.6. The Morgan fingerprint density at radius 1 is 1.24 bits per heavy atom.